The molecule has 2 aromatic heterocycles. The Balaban J connectivity index is 1.73. The molecular weight excluding hydrogens is 322 g/mol. The van der Waals surface area contributed by atoms with E-state index in [1.54, 1.807) is 13.2 Å². The summed E-state index contributed by atoms with van der Waals surface area (Å²) in [7, 11) is 1.56. The Morgan fingerprint density at radius 1 is 1.36 bits per heavy atom. The van der Waals surface area contributed by atoms with Crippen molar-refractivity contribution < 1.29 is 14.3 Å². The lowest BCUT2D eigenvalue weighted by molar-refractivity contribution is 0.126. The minimum Gasteiger partial charge on any atom is -0.481 e. The van der Waals surface area contributed by atoms with E-state index in [9.17, 15) is 5.11 Å². The van der Waals surface area contributed by atoms with Gasteiger partial charge in [0, 0.05) is 38.3 Å². The number of nitrogens with zero attached hydrogens (tertiary/aromatic N) is 4. The van der Waals surface area contributed by atoms with Crippen LogP contribution < -0.4 is 15.4 Å². The van der Waals surface area contributed by atoms with E-state index >= 15 is 0 Å². The molecule has 1 atom stereocenters. The number of nitrogens with two attached hydrogens (primary N) is 1. The van der Waals surface area contributed by atoms with Gasteiger partial charge >= 0.3 is 0 Å². The number of ether oxygens (including phenoxy) is 1. The number of rotatable bonds is 6. The zero-order chi connectivity index (χ0) is 17.8. The predicted molar refractivity (Wildman–Crippen MR) is 94.6 cm³/mol. The van der Waals surface area contributed by atoms with Crippen LogP contribution in [0.3, 0.4) is 0 Å². The zero-order valence-corrected chi connectivity index (χ0v) is 14.7. The summed E-state index contributed by atoms with van der Waals surface area (Å²) in [5, 5.41) is 9.46. The van der Waals surface area contributed by atoms with Crippen molar-refractivity contribution in [3.05, 3.63) is 29.7 Å². The molecule has 0 saturated carbocycles. The Bertz CT molecular complexity index is 705. The van der Waals surface area contributed by atoms with Gasteiger partial charge in [0.05, 0.1) is 13.7 Å². The van der Waals surface area contributed by atoms with Gasteiger partial charge in [0.1, 0.15) is 17.3 Å². The fourth-order valence-corrected chi connectivity index (χ4v) is 3.20. The molecule has 1 fully saturated rings. The van der Waals surface area contributed by atoms with Crippen LogP contribution in [0.2, 0.25) is 0 Å². The lowest BCUT2D eigenvalue weighted by Gasteiger charge is -2.41. The molecule has 136 valence electrons. The number of piperazine rings is 1. The number of furan rings is 1. The minimum absolute atomic E-state index is 0.140. The number of aliphatic hydroxyl groups is 1. The molecule has 25 heavy (non-hydrogen) atoms. The zero-order valence-electron chi connectivity index (χ0n) is 14.7. The normalized spacial score (nSPS) is 18.5. The Kier molecular flexibility index (Phi) is 5.40. The topological polar surface area (TPSA) is 101 Å². The fourth-order valence-electron chi connectivity index (χ4n) is 3.20. The molecule has 8 heteroatoms. The monoisotopic (exact) mass is 347 g/mol. The molecular formula is C17H25N5O3. The SMILES string of the molecule is COc1cc(N2CCN(Cc3ccc(C)o3)C(CCO)C2)nc(N)n1. The first-order valence-electron chi connectivity index (χ1n) is 8.42. The van der Waals surface area contributed by atoms with E-state index in [1.807, 2.05) is 19.1 Å². The van der Waals surface area contributed by atoms with Gasteiger partial charge in [-0.2, -0.15) is 9.97 Å². The van der Waals surface area contributed by atoms with Crippen molar-refractivity contribution in [1.29, 1.82) is 0 Å². The van der Waals surface area contributed by atoms with Crippen LogP contribution in [0.15, 0.2) is 22.6 Å². The van der Waals surface area contributed by atoms with Crippen molar-refractivity contribution in [1.82, 2.24) is 14.9 Å². The minimum atomic E-state index is 0.140. The largest absolute Gasteiger partial charge is 0.481 e. The van der Waals surface area contributed by atoms with Crippen molar-refractivity contribution in [2.75, 3.05) is 44.0 Å². The lowest BCUT2D eigenvalue weighted by atomic mass is 10.1. The second kappa shape index (κ2) is 7.71. The standard InChI is InChI=1S/C17H25N5O3/c1-12-3-4-14(25-12)11-21-6-7-22(10-13(21)5-8-23)15-9-16(24-2)20-17(18)19-15/h3-4,9,13,23H,5-8,10-11H2,1-2H3,(H2,18,19,20). The van der Waals surface area contributed by atoms with E-state index in [0.29, 0.717) is 12.3 Å². The summed E-state index contributed by atoms with van der Waals surface area (Å²) in [5.74, 6) is 3.26. The van der Waals surface area contributed by atoms with E-state index in [0.717, 1.165) is 43.5 Å². The third kappa shape index (κ3) is 4.21. The molecule has 0 spiro atoms. The van der Waals surface area contributed by atoms with E-state index < -0.39 is 0 Å². The highest BCUT2D eigenvalue weighted by atomic mass is 16.5. The summed E-state index contributed by atoms with van der Waals surface area (Å²) < 4.78 is 10.9. The smallest absolute Gasteiger partial charge is 0.225 e. The van der Waals surface area contributed by atoms with Crippen LogP contribution in [0.4, 0.5) is 11.8 Å². The maximum absolute atomic E-state index is 9.46. The molecule has 0 amide bonds. The molecule has 0 bridgehead atoms. The van der Waals surface area contributed by atoms with Gasteiger partial charge in [-0.3, -0.25) is 4.90 Å². The molecule has 0 aromatic carbocycles. The van der Waals surface area contributed by atoms with E-state index in [4.69, 9.17) is 14.9 Å². The van der Waals surface area contributed by atoms with Crippen molar-refractivity contribution in [2.45, 2.75) is 25.9 Å². The molecule has 0 radical (unpaired) electrons. The van der Waals surface area contributed by atoms with Crippen molar-refractivity contribution in [2.24, 2.45) is 0 Å². The lowest BCUT2D eigenvalue weighted by Crippen LogP contribution is -2.53. The van der Waals surface area contributed by atoms with Gasteiger partial charge in [-0.1, -0.05) is 0 Å². The highest BCUT2D eigenvalue weighted by Crippen LogP contribution is 2.24. The number of nitrogen functional groups attached to an aromatic ring is 1. The van der Waals surface area contributed by atoms with Gasteiger partial charge in [0.15, 0.2) is 0 Å². The third-order valence-electron chi connectivity index (χ3n) is 4.46. The molecule has 3 heterocycles. The molecule has 1 saturated heterocycles. The average molecular weight is 347 g/mol. The van der Waals surface area contributed by atoms with Crippen molar-refractivity contribution in [3.8, 4) is 5.88 Å². The predicted octanol–water partition coefficient (Wildman–Crippen LogP) is 1.04. The Morgan fingerprint density at radius 2 is 2.20 bits per heavy atom. The van der Waals surface area contributed by atoms with Gasteiger partial charge in [-0.25, -0.2) is 0 Å². The molecule has 1 aliphatic rings. The highest BCUT2D eigenvalue weighted by Gasteiger charge is 2.28. The summed E-state index contributed by atoms with van der Waals surface area (Å²) in [5.41, 5.74) is 5.78. The second-order valence-electron chi connectivity index (χ2n) is 6.22. The molecule has 1 aliphatic heterocycles. The van der Waals surface area contributed by atoms with E-state index in [-0.39, 0.29) is 18.6 Å². The van der Waals surface area contributed by atoms with E-state index in [1.165, 1.54) is 0 Å². The molecule has 8 nitrogen and oxygen atoms in total. The van der Waals surface area contributed by atoms with Crippen molar-refractivity contribution in [3.63, 3.8) is 0 Å². The first kappa shape index (κ1) is 17.5. The number of aromatic nitrogens is 2. The summed E-state index contributed by atoms with van der Waals surface area (Å²) in [6.07, 6.45) is 0.688. The second-order valence-corrected chi connectivity index (χ2v) is 6.22. The Morgan fingerprint density at radius 3 is 2.88 bits per heavy atom. The van der Waals surface area contributed by atoms with Gasteiger partial charge in [0.2, 0.25) is 11.8 Å². The van der Waals surface area contributed by atoms with E-state index in [2.05, 4.69) is 19.8 Å². The van der Waals surface area contributed by atoms with Crippen LogP contribution in [0.25, 0.3) is 0 Å². The first-order valence-corrected chi connectivity index (χ1v) is 8.42. The molecule has 3 N–H and O–H groups in total. The number of aryl methyl sites for hydroxylation is 1. The van der Waals surface area contributed by atoms with Gasteiger partial charge in [-0.15, -0.1) is 0 Å². The first-order chi connectivity index (χ1) is 12.1. The maximum atomic E-state index is 9.46. The highest BCUT2D eigenvalue weighted by molar-refractivity contribution is 5.46. The molecule has 0 aliphatic carbocycles. The van der Waals surface area contributed by atoms with Crippen LogP contribution in [0.1, 0.15) is 17.9 Å². The Labute approximate surface area is 147 Å². The maximum Gasteiger partial charge on any atom is 0.225 e. The number of hydrogen-bond acceptors (Lipinski definition) is 8. The van der Waals surface area contributed by atoms with Crippen LogP contribution in [-0.2, 0) is 6.54 Å². The average Bonchev–Trinajstić information content (AvgIpc) is 3.01. The Hall–Kier alpha value is -2.32. The van der Waals surface area contributed by atoms with Crippen LogP contribution >= 0.6 is 0 Å². The molecule has 3 rings (SSSR count). The van der Waals surface area contributed by atoms with Crippen LogP contribution in [0, 0.1) is 6.92 Å². The van der Waals surface area contributed by atoms with Gasteiger partial charge in [0.25, 0.3) is 0 Å². The van der Waals surface area contributed by atoms with Gasteiger partial charge in [-0.05, 0) is 25.5 Å². The third-order valence-corrected chi connectivity index (χ3v) is 4.46. The summed E-state index contributed by atoms with van der Waals surface area (Å²) in [6.45, 7) is 5.22. The summed E-state index contributed by atoms with van der Waals surface area (Å²) >= 11 is 0. The fraction of sp³-hybridized carbons (Fsp3) is 0.529. The summed E-state index contributed by atoms with van der Waals surface area (Å²) in [6, 6.07) is 5.97. The van der Waals surface area contributed by atoms with Gasteiger partial charge < -0.3 is 24.9 Å². The number of anilines is 2. The molecule has 2 aromatic rings. The van der Waals surface area contributed by atoms with Crippen LogP contribution in [0.5, 0.6) is 5.88 Å². The van der Waals surface area contributed by atoms with Crippen molar-refractivity contribution >= 4 is 11.8 Å². The summed E-state index contributed by atoms with van der Waals surface area (Å²) in [4.78, 5) is 12.9. The number of methoxy groups -OCH3 is 1. The molecule has 1 unspecified atom stereocenters. The van der Waals surface area contributed by atoms with Crippen LogP contribution in [-0.4, -0.2) is 59.4 Å². The number of hydrogen-bond donors (Lipinski definition) is 2. The number of aliphatic hydroxyl groups excluding tert-OH is 1. The quantitative estimate of drug-likeness (QED) is 0.799.